The fraction of sp³-hybridized carbons (Fsp3) is 0.182. The molecule has 0 aromatic carbocycles. The second-order valence-electron chi connectivity index (χ2n) is 3.52. The molecule has 2 rings (SSSR count). The van der Waals surface area contributed by atoms with Crippen molar-refractivity contribution in [1.29, 1.82) is 0 Å². The third-order valence-corrected chi connectivity index (χ3v) is 2.32. The topological polar surface area (TPSA) is 73.8 Å². The molecule has 0 aliphatic heterocycles. The van der Waals surface area contributed by atoms with E-state index in [0.717, 1.165) is 5.69 Å². The molecule has 0 aliphatic rings. The fourth-order valence-electron chi connectivity index (χ4n) is 1.55. The van der Waals surface area contributed by atoms with E-state index in [1.807, 2.05) is 6.92 Å². The van der Waals surface area contributed by atoms with Gasteiger partial charge in [0, 0.05) is 12.2 Å². The molecule has 0 amide bonds. The summed E-state index contributed by atoms with van der Waals surface area (Å²) in [6.07, 6.45) is 3.17. The summed E-state index contributed by atoms with van der Waals surface area (Å²) < 4.78 is 1.38. The number of rotatable bonds is 2. The Labute approximate surface area is 92.3 Å². The SMILES string of the molecule is C=CCn1c(N)nc2cnc(C)cc2c1=O. The Morgan fingerprint density at radius 1 is 1.62 bits per heavy atom. The number of aryl methyl sites for hydroxylation is 1. The van der Waals surface area contributed by atoms with E-state index in [-0.39, 0.29) is 11.5 Å². The highest BCUT2D eigenvalue weighted by molar-refractivity contribution is 5.77. The lowest BCUT2D eigenvalue weighted by molar-refractivity contribution is 0.783. The van der Waals surface area contributed by atoms with Gasteiger partial charge in [0.25, 0.3) is 5.56 Å². The average molecular weight is 216 g/mol. The molecule has 82 valence electrons. The summed E-state index contributed by atoms with van der Waals surface area (Å²) in [5.41, 5.74) is 6.83. The van der Waals surface area contributed by atoms with Crippen molar-refractivity contribution in [2.45, 2.75) is 13.5 Å². The van der Waals surface area contributed by atoms with E-state index >= 15 is 0 Å². The number of pyridine rings is 1. The lowest BCUT2D eigenvalue weighted by Crippen LogP contribution is -2.24. The predicted molar refractivity (Wildman–Crippen MR) is 63.1 cm³/mol. The van der Waals surface area contributed by atoms with Gasteiger partial charge in [-0.25, -0.2) is 4.98 Å². The van der Waals surface area contributed by atoms with Gasteiger partial charge in [-0.05, 0) is 13.0 Å². The van der Waals surface area contributed by atoms with E-state index < -0.39 is 0 Å². The minimum Gasteiger partial charge on any atom is -0.369 e. The molecule has 2 N–H and O–H groups in total. The molecule has 0 saturated carbocycles. The van der Waals surface area contributed by atoms with E-state index in [2.05, 4.69) is 16.5 Å². The summed E-state index contributed by atoms with van der Waals surface area (Å²) in [5.74, 6) is 0.183. The van der Waals surface area contributed by atoms with Gasteiger partial charge in [0.15, 0.2) is 0 Å². The normalized spacial score (nSPS) is 10.6. The lowest BCUT2D eigenvalue weighted by atomic mass is 10.2. The second kappa shape index (κ2) is 3.77. The first kappa shape index (κ1) is 10.4. The zero-order valence-electron chi connectivity index (χ0n) is 8.97. The minimum atomic E-state index is -0.159. The van der Waals surface area contributed by atoms with Gasteiger partial charge in [-0.15, -0.1) is 6.58 Å². The Bertz CT molecular complexity index is 615. The van der Waals surface area contributed by atoms with E-state index in [0.29, 0.717) is 17.4 Å². The van der Waals surface area contributed by atoms with Gasteiger partial charge in [0.05, 0.1) is 17.1 Å². The Hall–Kier alpha value is -2.17. The molecular formula is C11H12N4O. The molecule has 0 spiro atoms. The van der Waals surface area contributed by atoms with E-state index in [1.165, 1.54) is 4.57 Å². The van der Waals surface area contributed by atoms with Crippen LogP contribution in [0.25, 0.3) is 10.9 Å². The number of aromatic nitrogens is 3. The lowest BCUT2D eigenvalue weighted by Gasteiger charge is -2.07. The van der Waals surface area contributed by atoms with E-state index in [1.54, 1.807) is 18.3 Å². The van der Waals surface area contributed by atoms with Gasteiger partial charge in [-0.3, -0.25) is 14.3 Å². The molecule has 0 unspecified atom stereocenters. The minimum absolute atomic E-state index is 0.159. The van der Waals surface area contributed by atoms with Gasteiger partial charge in [0.2, 0.25) is 5.95 Å². The van der Waals surface area contributed by atoms with Gasteiger partial charge < -0.3 is 5.73 Å². The molecule has 5 nitrogen and oxygen atoms in total. The Morgan fingerprint density at radius 2 is 2.38 bits per heavy atom. The first-order chi connectivity index (χ1) is 7.63. The van der Waals surface area contributed by atoms with E-state index in [4.69, 9.17) is 5.73 Å². The predicted octanol–water partition coefficient (Wildman–Crippen LogP) is 0.868. The zero-order chi connectivity index (χ0) is 11.7. The Balaban J connectivity index is 2.85. The molecule has 5 heteroatoms. The van der Waals surface area contributed by atoms with Gasteiger partial charge >= 0.3 is 0 Å². The van der Waals surface area contributed by atoms with Crippen molar-refractivity contribution in [3.63, 3.8) is 0 Å². The van der Waals surface area contributed by atoms with Crippen LogP contribution in [0.1, 0.15) is 5.69 Å². The number of allylic oxidation sites excluding steroid dienone is 1. The summed E-state index contributed by atoms with van der Waals surface area (Å²) >= 11 is 0. The smallest absolute Gasteiger partial charge is 0.263 e. The van der Waals surface area contributed by atoms with Gasteiger partial charge in [-0.2, -0.15) is 0 Å². The number of hydrogen-bond acceptors (Lipinski definition) is 4. The van der Waals surface area contributed by atoms with Crippen molar-refractivity contribution in [3.05, 3.63) is 41.0 Å². The molecular weight excluding hydrogens is 204 g/mol. The van der Waals surface area contributed by atoms with Crippen molar-refractivity contribution in [1.82, 2.24) is 14.5 Å². The molecule has 0 fully saturated rings. The first-order valence-electron chi connectivity index (χ1n) is 4.87. The Kier molecular flexibility index (Phi) is 2.44. The third kappa shape index (κ3) is 1.56. The van der Waals surface area contributed by atoms with Crippen molar-refractivity contribution in [2.75, 3.05) is 5.73 Å². The highest BCUT2D eigenvalue weighted by Crippen LogP contribution is 2.09. The molecule has 16 heavy (non-hydrogen) atoms. The molecule has 2 aromatic heterocycles. The van der Waals surface area contributed by atoms with Crippen molar-refractivity contribution < 1.29 is 0 Å². The molecule has 0 aliphatic carbocycles. The van der Waals surface area contributed by atoms with Crippen molar-refractivity contribution in [3.8, 4) is 0 Å². The summed E-state index contributed by atoms with van der Waals surface area (Å²) in [6, 6.07) is 1.71. The van der Waals surface area contributed by atoms with Crippen molar-refractivity contribution >= 4 is 16.9 Å². The summed E-state index contributed by atoms with van der Waals surface area (Å²) in [4.78, 5) is 20.3. The van der Waals surface area contributed by atoms with Crippen LogP contribution in [0.15, 0.2) is 29.7 Å². The van der Waals surface area contributed by atoms with Crippen LogP contribution in [0.5, 0.6) is 0 Å². The fourth-order valence-corrected chi connectivity index (χ4v) is 1.55. The van der Waals surface area contributed by atoms with Gasteiger partial charge in [-0.1, -0.05) is 6.08 Å². The molecule has 2 heterocycles. The molecule has 0 radical (unpaired) electrons. The molecule has 0 saturated heterocycles. The number of fused-ring (bicyclic) bond motifs is 1. The third-order valence-electron chi connectivity index (χ3n) is 2.32. The Morgan fingerprint density at radius 3 is 3.06 bits per heavy atom. The second-order valence-corrected chi connectivity index (χ2v) is 3.52. The van der Waals surface area contributed by atoms with Crippen LogP contribution in [0, 0.1) is 6.92 Å². The van der Waals surface area contributed by atoms with Crippen LogP contribution in [-0.4, -0.2) is 14.5 Å². The van der Waals surface area contributed by atoms with Gasteiger partial charge in [0.1, 0.15) is 0 Å². The van der Waals surface area contributed by atoms with Crippen LogP contribution >= 0.6 is 0 Å². The maximum absolute atomic E-state index is 12.1. The van der Waals surface area contributed by atoms with Crippen LogP contribution in [0.3, 0.4) is 0 Å². The molecule has 0 bridgehead atoms. The van der Waals surface area contributed by atoms with E-state index in [9.17, 15) is 4.79 Å². The first-order valence-corrected chi connectivity index (χ1v) is 4.87. The number of anilines is 1. The number of nitrogen functional groups attached to an aromatic ring is 1. The van der Waals surface area contributed by atoms with Crippen LogP contribution in [0.2, 0.25) is 0 Å². The zero-order valence-corrected chi connectivity index (χ0v) is 8.97. The van der Waals surface area contributed by atoms with Crippen LogP contribution in [0.4, 0.5) is 5.95 Å². The van der Waals surface area contributed by atoms with Crippen LogP contribution in [-0.2, 0) is 6.54 Å². The summed E-state index contributed by atoms with van der Waals surface area (Å²) in [5, 5.41) is 0.531. The average Bonchev–Trinajstić information content (AvgIpc) is 2.26. The maximum atomic E-state index is 12.1. The molecule has 2 aromatic rings. The summed E-state index contributed by atoms with van der Waals surface area (Å²) in [6.45, 7) is 5.76. The quantitative estimate of drug-likeness (QED) is 0.756. The standard InChI is InChI=1S/C11H12N4O/c1-3-4-15-10(16)8-5-7(2)13-6-9(8)14-11(15)12/h3,5-6H,1,4H2,2H3,(H2,12,14). The monoisotopic (exact) mass is 216 g/mol. The number of nitrogens with two attached hydrogens (primary N) is 1. The highest BCUT2D eigenvalue weighted by Gasteiger charge is 2.07. The number of nitrogens with zero attached hydrogens (tertiary/aromatic N) is 3. The van der Waals surface area contributed by atoms with Crippen molar-refractivity contribution in [2.24, 2.45) is 0 Å². The maximum Gasteiger partial charge on any atom is 0.263 e. The largest absolute Gasteiger partial charge is 0.369 e. The number of hydrogen-bond donors (Lipinski definition) is 1. The summed E-state index contributed by atoms with van der Waals surface area (Å²) in [7, 11) is 0. The van der Waals surface area contributed by atoms with Crippen LogP contribution < -0.4 is 11.3 Å². The molecule has 0 atom stereocenters. The highest BCUT2D eigenvalue weighted by atomic mass is 16.1.